The van der Waals surface area contributed by atoms with Crippen LogP contribution in [0.3, 0.4) is 0 Å². The molecule has 1 aliphatic rings. The second kappa shape index (κ2) is 6.94. The van der Waals surface area contributed by atoms with Gasteiger partial charge in [0.05, 0.1) is 0 Å². The number of aromatic nitrogens is 1. The third kappa shape index (κ3) is 3.49. The Labute approximate surface area is 128 Å². The lowest BCUT2D eigenvalue weighted by Crippen LogP contribution is -2.38. The van der Waals surface area contributed by atoms with Crippen LogP contribution >= 0.6 is 0 Å². The van der Waals surface area contributed by atoms with Crippen LogP contribution in [0.4, 0.5) is 0 Å². The van der Waals surface area contributed by atoms with Crippen molar-refractivity contribution in [3.05, 3.63) is 18.0 Å². The van der Waals surface area contributed by atoms with Gasteiger partial charge in [-0.25, -0.2) is 8.42 Å². The molecule has 0 aromatic carbocycles. The normalized spacial score (nSPS) is 18.2. The highest BCUT2D eigenvalue weighted by atomic mass is 32.2. The summed E-state index contributed by atoms with van der Waals surface area (Å²) in [5.41, 5.74) is 1.02. The Bertz CT molecular complexity index is 557. The first-order valence-corrected chi connectivity index (χ1v) is 9.30. The number of hydrogen-bond donors (Lipinski definition) is 1. The third-order valence-electron chi connectivity index (χ3n) is 4.45. The highest BCUT2D eigenvalue weighted by Gasteiger charge is 2.30. The number of nitrogens with zero attached hydrogens (tertiary/aromatic N) is 2. The van der Waals surface area contributed by atoms with E-state index < -0.39 is 10.0 Å². The molecular weight excluding hydrogens is 286 g/mol. The molecule has 1 aromatic heterocycles. The predicted molar refractivity (Wildman–Crippen MR) is 84.6 cm³/mol. The van der Waals surface area contributed by atoms with Gasteiger partial charge in [-0.2, -0.15) is 4.31 Å². The van der Waals surface area contributed by atoms with E-state index in [1.807, 2.05) is 18.5 Å². The summed E-state index contributed by atoms with van der Waals surface area (Å²) in [7, 11) is -1.47. The van der Waals surface area contributed by atoms with E-state index in [-0.39, 0.29) is 0 Å². The minimum atomic E-state index is -3.34. The number of rotatable bonds is 6. The predicted octanol–water partition coefficient (Wildman–Crippen LogP) is 2.04. The highest BCUT2D eigenvalue weighted by Crippen LogP contribution is 2.26. The Kier molecular flexibility index (Phi) is 5.46. The van der Waals surface area contributed by atoms with Crippen molar-refractivity contribution in [2.45, 2.75) is 51.1 Å². The number of aryl methyl sites for hydroxylation is 1. The summed E-state index contributed by atoms with van der Waals surface area (Å²) in [6, 6.07) is 1.81. The average Bonchev–Trinajstić information content (AvgIpc) is 2.91. The molecule has 2 heterocycles. The van der Waals surface area contributed by atoms with E-state index in [2.05, 4.69) is 12.2 Å². The van der Waals surface area contributed by atoms with Crippen LogP contribution in [0.1, 0.15) is 38.8 Å². The Hall–Kier alpha value is -0.850. The average molecular weight is 313 g/mol. The van der Waals surface area contributed by atoms with Crippen LogP contribution in [0.2, 0.25) is 0 Å². The minimum Gasteiger partial charge on any atom is -0.349 e. The lowest BCUT2D eigenvalue weighted by molar-refractivity contribution is 0.269. The highest BCUT2D eigenvalue weighted by molar-refractivity contribution is 7.89. The lowest BCUT2D eigenvalue weighted by atomic mass is 9.96. The lowest BCUT2D eigenvalue weighted by Gasteiger charge is -2.30. The molecule has 0 radical (unpaired) electrons. The van der Waals surface area contributed by atoms with E-state index in [9.17, 15) is 8.42 Å². The van der Waals surface area contributed by atoms with E-state index in [4.69, 9.17) is 0 Å². The van der Waals surface area contributed by atoms with Crippen molar-refractivity contribution in [3.63, 3.8) is 0 Å². The zero-order valence-electron chi connectivity index (χ0n) is 13.3. The molecule has 6 heteroatoms. The van der Waals surface area contributed by atoms with Crippen molar-refractivity contribution in [2.75, 3.05) is 20.1 Å². The topological polar surface area (TPSA) is 54.3 Å². The van der Waals surface area contributed by atoms with E-state index in [0.29, 0.717) is 30.4 Å². The molecule has 1 fully saturated rings. The van der Waals surface area contributed by atoms with E-state index in [1.165, 1.54) is 0 Å². The molecule has 0 spiro atoms. The number of piperidine rings is 1. The first-order chi connectivity index (χ1) is 10.0. The van der Waals surface area contributed by atoms with Crippen LogP contribution in [0.5, 0.6) is 0 Å². The van der Waals surface area contributed by atoms with Gasteiger partial charge >= 0.3 is 0 Å². The quantitative estimate of drug-likeness (QED) is 0.874. The molecule has 1 N–H and O–H groups in total. The van der Waals surface area contributed by atoms with Gasteiger partial charge in [0.1, 0.15) is 4.90 Å². The zero-order chi connectivity index (χ0) is 15.5. The molecular formula is C15H27N3O2S. The second-order valence-electron chi connectivity index (χ2n) is 5.74. The van der Waals surface area contributed by atoms with Crippen LogP contribution in [0.15, 0.2) is 17.2 Å². The van der Waals surface area contributed by atoms with E-state index >= 15 is 0 Å². The summed E-state index contributed by atoms with van der Waals surface area (Å²) >= 11 is 0. The van der Waals surface area contributed by atoms with Gasteiger partial charge in [0, 0.05) is 38.1 Å². The van der Waals surface area contributed by atoms with Crippen molar-refractivity contribution in [3.8, 4) is 0 Å². The molecule has 0 amide bonds. The first-order valence-electron chi connectivity index (χ1n) is 7.86. The van der Waals surface area contributed by atoms with Crippen LogP contribution < -0.4 is 5.32 Å². The molecule has 1 saturated heterocycles. The summed E-state index contributed by atoms with van der Waals surface area (Å²) < 4.78 is 29.2. The second-order valence-corrected chi connectivity index (χ2v) is 7.68. The molecule has 2 rings (SSSR count). The zero-order valence-corrected chi connectivity index (χ0v) is 14.1. The van der Waals surface area contributed by atoms with Crippen LogP contribution in [0.25, 0.3) is 0 Å². The van der Waals surface area contributed by atoms with Gasteiger partial charge in [0.15, 0.2) is 0 Å². The fourth-order valence-electron chi connectivity index (χ4n) is 3.00. The summed E-state index contributed by atoms with van der Waals surface area (Å²) in [6.45, 7) is 6.98. The van der Waals surface area contributed by atoms with Crippen molar-refractivity contribution in [2.24, 2.45) is 5.92 Å². The standard InChI is InChI=1S/C15H27N3O2S/c1-4-13-6-8-18(9-7-13)21(19,20)15-10-14(11-16-3)17(5-2)12-15/h10,12-13,16H,4-9,11H2,1-3H3. The number of nitrogens with one attached hydrogen (secondary N) is 1. The third-order valence-corrected chi connectivity index (χ3v) is 6.31. The van der Waals surface area contributed by atoms with Gasteiger partial charge in [-0.05, 0) is 38.8 Å². The maximum atomic E-state index is 12.8. The van der Waals surface area contributed by atoms with Gasteiger partial charge in [-0.3, -0.25) is 0 Å². The summed E-state index contributed by atoms with van der Waals surface area (Å²) in [5.74, 6) is 0.677. The number of sulfonamides is 1. The molecule has 0 bridgehead atoms. The smallest absolute Gasteiger partial charge is 0.244 e. The fourth-order valence-corrected chi connectivity index (χ4v) is 4.53. The largest absolute Gasteiger partial charge is 0.349 e. The monoisotopic (exact) mass is 313 g/mol. The van der Waals surface area contributed by atoms with Crippen LogP contribution in [-0.2, 0) is 23.1 Å². The SMILES string of the molecule is CCC1CCN(S(=O)(=O)c2cc(CNC)n(CC)c2)CC1. The van der Waals surface area contributed by atoms with Gasteiger partial charge in [-0.1, -0.05) is 13.3 Å². The molecule has 120 valence electrons. The van der Waals surface area contributed by atoms with Crippen LogP contribution in [-0.4, -0.2) is 37.4 Å². The molecule has 0 atom stereocenters. The molecule has 0 aliphatic carbocycles. The maximum absolute atomic E-state index is 12.8. The van der Waals surface area contributed by atoms with E-state index in [1.54, 1.807) is 16.6 Å². The molecule has 5 nitrogen and oxygen atoms in total. The van der Waals surface area contributed by atoms with E-state index in [0.717, 1.165) is 31.5 Å². The number of hydrogen-bond acceptors (Lipinski definition) is 3. The van der Waals surface area contributed by atoms with Gasteiger partial charge < -0.3 is 9.88 Å². The van der Waals surface area contributed by atoms with Gasteiger partial charge in [-0.15, -0.1) is 0 Å². The molecule has 1 aliphatic heterocycles. The summed E-state index contributed by atoms with van der Waals surface area (Å²) in [4.78, 5) is 0.435. The van der Waals surface area contributed by atoms with Gasteiger partial charge in [0.2, 0.25) is 10.0 Å². The molecule has 0 saturated carbocycles. The Morgan fingerprint density at radius 3 is 2.48 bits per heavy atom. The van der Waals surface area contributed by atoms with Crippen molar-refractivity contribution < 1.29 is 8.42 Å². The van der Waals surface area contributed by atoms with Gasteiger partial charge in [0.25, 0.3) is 0 Å². The first kappa shape index (κ1) is 16.5. The maximum Gasteiger partial charge on any atom is 0.244 e. The molecule has 1 aromatic rings. The summed E-state index contributed by atoms with van der Waals surface area (Å²) in [5, 5.41) is 3.09. The minimum absolute atomic E-state index is 0.435. The Balaban J connectivity index is 2.20. The summed E-state index contributed by atoms with van der Waals surface area (Å²) in [6.07, 6.45) is 4.88. The Morgan fingerprint density at radius 2 is 1.95 bits per heavy atom. The Morgan fingerprint density at radius 1 is 1.29 bits per heavy atom. The molecule has 21 heavy (non-hydrogen) atoms. The fraction of sp³-hybridized carbons (Fsp3) is 0.733. The van der Waals surface area contributed by atoms with Crippen molar-refractivity contribution in [1.82, 2.24) is 14.2 Å². The van der Waals surface area contributed by atoms with Crippen molar-refractivity contribution in [1.29, 1.82) is 0 Å². The molecule has 0 unspecified atom stereocenters. The van der Waals surface area contributed by atoms with Crippen LogP contribution in [0, 0.1) is 5.92 Å². The van der Waals surface area contributed by atoms with Crippen molar-refractivity contribution >= 4 is 10.0 Å².